The van der Waals surface area contributed by atoms with Crippen molar-refractivity contribution in [3.63, 3.8) is 0 Å². The molecular formula is C7H12NO2. The van der Waals surface area contributed by atoms with Crippen molar-refractivity contribution in [1.82, 2.24) is 5.32 Å². The third-order valence-electron chi connectivity index (χ3n) is 1.20. The predicted molar refractivity (Wildman–Crippen MR) is 38.0 cm³/mol. The highest BCUT2D eigenvalue weighted by Crippen LogP contribution is 2.00. The summed E-state index contributed by atoms with van der Waals surface area (Å²) in [5.74, 6) is -1.10. The quantitative estimate of drug-likeness (QED) is 0.581. The molecule has 3 heteroatoms. The Morgan fingerprint density at radius 2 is 2.20 bits per heavy atom. The van der Waals surface area contributed by atoms with E-state index in [9.17, 15) is 9.90 Å². The minimum Gasteiger partial charge on any atom is -0.299 e. The highest BCUT2D eigenvalue weighted by Gasteiger charge is 2.27. The van der Waals surface area contributed by atoms with Crippen LogP contribution in [-0.2, 0) is 9.90 Å². The van der Waals surface area contributed by atoms with Crippen LogP contribution in [-0.4, -0.2) is 18.1 Å². The molecule has 0 aromatic carbocycles. The summed E-state index contributed by atoms with van der Waals surface area (Å²) in [4.78, 5) is 10.3. The zero-order valence-electron chi connectivity index (χ0n) is 6.31. The van der Waals surface area contributed by atoms with Gasteiger partial charge in [0.15, 0.2) is 0 Å². The van der Waals surface area contributed by atoms with Gasteiger partial charge in [-0.05, 0) is 13.8 Å². The number of hydrogen-bond donors (Lipinski definition) is 1. The summed E-state index contributed by atoms with van der Waals surface area (Å²) in [6.07, 6.45) is 1.60. The van der Waals surface area contributed by atoms with Crippen molar-refractivity contribution < 1.29 is 9.90 Å². The lowest BCUT2D eigenvalue weighted by Crippen LogP contribution is -2.46. The molecule has 0 unspecified atom stereocenters. The van der Waals surface area contributed by atoms with E-state index in [2.05, 4.69) is 11.9 Å². The van der Waals surface area contributed by atoms with E-state index in [0.29, 0.717) is 6.54 Å². The number of nitrogens with one attached hydrogen (secondary N) is 1. The van der Waals surface area contributed by atoms with Gasteiger partial charge in [-0.2, -0.15) is 0 Å². The van der Waals surface area contributed by atoms with Crippen LogP contribution in [0.1, 0.15) is 13.8 Å². The van der Waals surface area contributed by atoms with Gasteiger partial charge in [0.05, 0.1) is 0 Å². The molecule has 0 aliphatic rings. The Labute approximate surface area is 60.7 Å². The Morgan fingerprint density at radius 3 is 2.50 bits per heavy atom. The van der Waals surface area contributed by atoms with Gasteiger partial charge >= 0.3 is 5.97 Å². The number of rotatable bonds is 4. The van der Waals surface area contributed by atoms with Crippen molar-refractivity contribution in [2.24, 2.45) is 0 Å². The Balaban J connectivity index is 3.86. The maximum absolute atomic E-state index is 10.3. The molecule has 1 radical (unpaired) electrons. The van der Waals surface area contributed by atoms with Gasteiger partial charge < -0.3 is 0 Å². The van der Waals surface area contributed by atoms with Gasteiger partial charge in [-0.15, -0.1) is 6.58 Å². The lowest BCUT2D eigenvalue weighted by molar-refractivity contribution is -0.149. The van der Waals surface area contributed by atoms with Crippen LogP contribution in [0.4, 0.5) is 0 Å². The smallest absolute Gasteiger partial charge is 0.299 e. The zero-order chi connectivity index (χ0) is 8.20. The van der Waals surface area contributed by atoms with Gasteiger partial charge in [-0.1, -0.05) is 6.08 Å². The second kappa shape index (κ2) is 3.37. The van der Waals surface area contributed by atoms with Crippen molar-refractivity contribution in [2.45, 2.75) is 19.4 Å². The van der Waals surface area contributed by atoms with Crippen molar-refractivity contribution in [3.05, 3.63) is 12.7 Å². The minimum absolute atomic E-state index is 0.473. The molecule has 0 amide bonds. The molecule has 57 valence electrons. The van der Waals surface area contributed by atoms with Crippen molar-refractivity contribution in [2.75, 3.05) is 6.54 Å². The van der Waals surface area contributed by atoms with Gasteiger partial charge in [0.1, 0.15) is 5.54 Å². The molecule has 0 aliphatic heterocycles. The number of carbonyl (C=O) groups excluding carboxylic acids is 1. The summed E-state index contributed by atoms with van der Waals surface area (Å²) in [6.45, 7) is 7.02. The fourth-order valence-corrected chi connectivity index (χ4v) is 0.399. The SMILES string of the molecule is C=CCNC(C)(C)C([O])=O. The predicted octanol–water partition coefficient (Wildman–Crippen LogP) is 0.498. The summed E-state index contributed by atoms with van der Waals surface area (Å²) in [5.41, 5.74) is -0.964. The number of hydrogen-bond acceptors (Lipinski definition) is 2. The molecule has 0 spiro atoms. The first-order chi connectivity index (χ1) is 4.50. The fourth-order valence-electron chi connectivity index (χ4n) is 0.399. The summed E-state index contributed by atoms with van der Waals surface area (Å²) in [7, 11) is 0. The molecule has 1 N–H and O–H groups in total. The third kappa shape index (κ3) is 2.64. The normalized spacial score (nSPS) is 11.0. The van der Waals surface area contributed by atoms with E-state index >= 15 is 0 Å². The maximum Gasteiger partial charge on any atom is 0.374 e. The van der Waals surface area contributed by atoms with Crippen LogP contribution in [0.5, 0.6) is 0 Å². The molecule has 0 aliphatic carbocycles. The standard InChI is InChI=1S/C7H12NO2/c1-4-5-8-7(2,3)6(9)10/h4,8H,1,5H2,2-3H3. The van der Waals surface area contributed by atoms with Crippen LogP contribution in [0, 0.1) is 0 Å². The van der Waals surface area contributed by atoms with Crippen LogP contribution in [0.2, 0.25) is 0 Å². The summed E-state index contributed by atoms with van der Waals surface area (Å²) >= 11 is 0. The van der Waals surface area contributed by atoms with E-state index in [0.717, 1.165) is 0 Å². The van der Waals surface area contributed by atoms with Crippen molar-refractivity contribution in [3.8, 4) is 0 Å². The van der Waals surface area contributed by atoms with Crippen molar-refractivity contribution >= 4 is 5.97 Å². The van der Waals surface area contributed by atoms with Gasteiger partial charge in [-0.3, -0.25) is 5.32 Å². The summed E-state index contributed by atoms with van der Waals surface area (Å²) in [6, 6.07) is 0. The molecule has 10 heavy (non-hydrogen) atoms. The molecule has 0 bridgehead atoms. The van der Waals surface area contributed by atoms with E-state index in [-0.39, 0.29) is 0 Å². The summed E-state index contributed by atoms with van der Waals surface area (Å²) < 4.78 is 0. The highest BCUT2D eigenvalue weighted by atomic mass is 16.4. The largest absolute Gasteiger partial charge is 0.374 e. The first kappa shape index (κ1) is 9.17. The van der Waals surface area contributed by atoms with E-state index in [1.54, 1.807) is 19.9 Å². The molecule has 0 fully saturated rings. The third-order valence-corrected chi connectivity index (χ3v) is 1.20. The van der Waals surface area contributed by atoms with Gasteiger partial charge in [-0.25, -0.2) is 9.90 Å². The molecule has 0 saturated heterocycles. The lowest BCUT2D eigenvalue weighted by Gasteiger charge is -2.17. The second-order valence-electron chi connectivity index (χ2n) is 2.58. The Kier molecular flexibility index (Phi) is 3.09. The molecule has 0 saturated carbocycles. The Hall–Kier alpha value is -0.830. The van der Waals surface area contributed by atoms with Gasteiger partial charge in [0.25, 0.3) is 0 Å². The van der Waals surface area contributed by atoms with Gasteiger partial charge in [0, 0.05) is 6.54 Å². The van der Waals surface area contributed by atoms with E-state index < -0.39 is 11.5 Å². The first-order valence-corrected chi connectivity index (χ1v) is 3.08. The van der Waals surface area contributed by atoms with Crippen LogP contribution < -0.4 is 5.32 Å². The summed E-state index contributed by atoms with van der Waals surface area (Å²) in [5, 5.41) is 13.0. The van der Waals surface area contributed by atoms with Crippen LogP contribution in [0.25, 0.3) is 0 Å². The van der Waals surface area contributed by atoms with Crippen LogP contribution >= 0.6 is 0 Å². The van der Waals surface area contributed by atoms with Crippen LogP contribution in [0.15, 0.2) is 12.7 Å². The van der Waals surface area contributed by atoms with Crippen molar-refractivity contribution in [1.29, 1.82) is 0 Å². The minimum atomic E-state index is -1.10. The fraction of sp³-hybridized carbons (Fsp3) is 0.571. The first-order valence-electron chi connectivity index (χ1n) is 3.08. The van der Waals surface area contributed by atoms with E-state index in [1.807, 2.05) is 0 Å². The molecule has 0 heterocycles. The maximum atomic E-state index is 10.3. The topological polar surface area (TPSA) is 49.0 Å². The van der Waals surface area contributed by atoms with Crippen LogP contribution in [0.3, 0.4) is 0 Å². The zero-order valence-corrected chi connectivity index (χ0v) is 6.31. The van der Waals surface area contributed by atoms with E-state index in [1.165, 1.54) is 0 Å². The monoisotopic (exact) mass is 142 g/mol. The molecule has 0 aromatic rings. The average Bonchev–Trinajstić information content (AvgIpc) is 1.84. The van der Waals surface area contributed by atoms with Gasteiger partial charge in [0.2, 0.25) is 0 Å². The average molecular weight is 142 g/mol. The molecule has 0 atom stereocenters. The molecular weight excluding hydrogens is 130 g/mol. The Morgan fingerprint density at radius 1 is 1.70 bits per heavy atom. The van der Waals surface area contributed by atoms with E-state index in [4.69, 9.17) is 0 Å². The highest BCUT2D eigenvalue weighted by molar-refractivity contribution is 5.77. The lowest BCUT2D eigenvalue weighted by atomic mass is 10.1. The molecule has 0 rings (SSSR count). The number of carbonyl (C=O) groups is 1. The second-order valence-corrected chi connectivity index (χ2v) is 2.58. The Bertz CT molecular complexity index is 141. The molecule has 3 nitrogen and oxygen atoms in total. The molecule has 0 aromatic heterocycles.